The monoisotopic (exact) mass is 507 g/mol. The molecule has 1 fully saturated rings. The Morgan fingerprint density at radius 3 is 2.35 bits per heavy atom. The highest BCUT2D eigenvalue weighted by molar-refractivity contribution is 7.66. The summed E-state index contributed by atoms with van der Waals surface area (Å²) in [6.07, 6.45) is 0.756. The van der Waals surface area contributed by atoms with Gasteiger partial charge in [0.1, 0.15) is 24.6 Å². The minimum atomic E-state index is -5.80. The molecule has 2 heterocycles. The lowest BCUT2D eigenvalue weighted by Gasteiger charge is -2.27. The average Bonchev–Trinajstić information content (AvgIpc) is 2.82. The third kappa shape index (κ3) is 6.28. The predicted octanol–water partition coefficient (Wildman–Crippen LogP) is -2.21. The topological polar surface area (TPSA) is 270 Å². The van der Waals surface area contributed by atoms with Gasteiger partial charge in [-0.3, -0.25) is 9.09 Å². The van der Waals surface area contributed by atoms with Crippen LogP contribution in [-0.4, -0.2) is 63.8 Å². The van der Waals surface area contributed by atoms with E-state index in [4.69, 9.17) is 31.6 Å². The predicted molar refractivity (Wildman–Crippen MR) is 96.4 cm³/mol. The van der Waals surface area contributed by atoms with Gasteiger partial charge in [-0.1, -0.05) is 5.92 Å². The standard InChI is InChI=1S/C11H16N3O14P3/c1-2-11(5-25-30(21,22)28-31(23,24)27-29(18,19)20)8(16)7(15)9(26-11)14-4-3-6(12)13-10(14)17/h1,3-4,7-9,15-16H,5H2,(H,21,22)(H,23,24)(H2,12,13,17)(H2,18,19,20)/t7-,8+,9-,11-/m1/s1. The van der Waals surface area contributed by atoms with Gasteiger partial charge in [0.15, 0.2) is 11.8 Å². The molecule has 1 aliphatic rings. The average molecular weight is 507 g/mol. The number of nitrogen functional groups attached to an aromatic ring is 1. The van der Waals surface area contributed by atoms with Gasteiger partial charge in [0.2, 0.25) is 0 Å². The van der Waals surface area contributed by atoms with E-state index < -0.39 is 59.8 Å². The smallest absolute Gasteiger partial charge is 0.386 e. The minimum absolute atomic E-state index is 0.162. The molecule has 0 amide bonds. The molecule has 0 saturated carbocycles. The normalized spacial score (nSPS) is 30.3. The minimum Gasteiger partial charge on any atom is -0.386 e. The summed E-state index contributed by atoms with van der Waals surface area (Å²) in [5, 5.41) is 20.5. The van der Waals surface area contributed by atoms with E-state index in [1.807, 2.05) is 5.92 Å². The lowest BCUT2D eigenvalue weighted by Crippen LogP contribution is -2.45. The van der Waals surface area contributed by atoms with Crippen LogP contribution in [0, 0.1) is 12.3 Å². The summed E-state index contributed by atoms with van der Waals surface area (Å²) >= 11 is 0. The first-order valence-electron chi connectivity index (χ1n) is 7.66. The number of anilines is 1. The zero-order valence-corrected chi connectivity index (χ0v) is 17.6. The molecule has 1 aromatic heterocycles. The molecule has 1 saturated heterocycles. The number of aliphatic hydroxyl groups excluding tert-OH is 2. The van der Waals surface area contributed by atoms with Crippen LogP contribution in [-0.2, 0) is 31.6 Å². The van der Waals surface area contributed by atoms with Gasteiger partial charge in [0, 0.05) is 6.20 Å². The zero-order chi connectivity index (χ0) is 23.8. The van der Waals surface area contributed by atoms with E-state index in [-0.39, 0.29) is 5.82 Å². The molecule has 17 nitrogen and oxygen atoms in total. The van der Waals surface area contributed by atoms with Crippen LogP contribution >= 0.6 is 23.5 Å². The summed E-state index contributed by atoms with van der Waals surface area (Å²) in [6, 6.07) is 1.16. The Kier molecular flexibility index (Phi) is 7.33. The van der Waals surface area contributed by atoms with Crippen LogP contribution in [0.5, 0.6) is 0 Å². The number of rotatable bonds is 8. The van der Waals surface area contributed by atoms with Crippen molar-refractivity contribution >= 4 is 29.3 Å². The highest BCUT2D eigenvalue weighted by Crippen LogP contribution is 2.66. The van der Waals surface area contributed by atoms with Crippen molar-refractivity contribution in [2.75, 3.05) is 12.3 Å². The molecule has 0 spiro atoms. The van der Waals surface area contributed by atoms with Crippen LogP contribution in [0.2, 0.25) is 0 Å². The molecule has 0 aromatic carbocycles. The quantitative estimate of drug-likeness (QED) is 0.145. The first kappa shape index (κ1) is 25.8. The molecule has 8 N–H and O–H groups in total. The van der Waals surface area contributed by atoms with Crippen molar-refractivity contribution in [2.24, 2.45) is 0 Å². The van der Waals surface area contributed by atoms with Crippen molar-refractivity contribution < 1.29 is 61.4 Å². The Balaban J connectivity index is 2.21. The molecule has 1 aromatic rings. The zero-order valence-electron chi connectivity index (χ0n) is 14.9. The molecule has 20 heteroatoms. The summed E-state index contributed by atoms with van der Waals surface area (Å²) < 4.78 is 51.3. The Hall–Kier alpha value is -1.47. The van der Waals surface area contributed by atoms with Crippen molar-refractivity contribution in [1.82, 2.24) is 9.55 Å². The summed E-state index contributed by atoms with van der Waals surface area (Å²) in [7, 11) is -17.0. The second-order valence-corrected chi connectivity index (χ2v) is 10.3. The molecule has 0 radical (unpaired) electrons. The molecule has 2 rings (SSSR count). The lowest BCUT2D eigenvalue weighted by atomic mass is 9.97. The van der Waals surface area contributed by atoms with E-state index in [2.05, 4.69) is 18.1 Å². The number of ether oxygens (including phenoxy) is 1. The number of aliphatic hydroxyl groups is 2. The number of terminal acetylenes is 1. The molecule has 2 unspecified atom stereocenters. The molecule has 0 bridgehead atoms. The van der Waals surface area contributed by atoms with E-state index >= 15 is 0 Å². The third-order valence-electron chi connectivity index (χ3n) is 3.65. The van der Waals surface area contributed by atoms with Gasteiger partial charge in [-0.25, -0.2) is 18.5 Å². The van der Waals surface area contributed by atoms with Gasteiger partial charge in [-0.2, -0.15) is 13.6 Å². The van der Waals surface area contributed by atoms with Crippen LogP contribution in [0.1, 0.15) is 6.23 Å². The van der Waals surface area contributed by atoms with Gasteiger partial charge < -0.3 is 40.3 Å². The number of phosphoric ester groups is 1. The summed E-state index contributed by atoms with van der Waals surface area (Å²) in [5.74, 6) is 1.71. The number of nitrogens with zero attached hydrogens (tertiary/aromatic N) is 2. The van der Waals surface area contributed by atoms with Crippen molar-refractivity contribution in [1.29, 1.82) is 0 Å². The lowest BCUT2D eigenvalue weighted by molar-refractivity contribution is -0.0919. The largest absolute Gasteiger partial charge is 0.490 e. The Morgan fingerprint density at radius 2 is 1.84 bits per heavy atom. The van der Waals surface area contributed by atoms with Crippen molar-refractivity contribution in [3.8, 4) is 12.3 Å². The maximum Gasteiger partial charge on any atom is 0.490 e. The SMILES string of the molecule is C#C[C@]1(COP(=O)(O)OP(=O)(O)OP(=O)(O)O)O[C@@H](n2ccc(N)nc2=O)[C@H](O)[C@@H]1O. The summed E-state index contributed by atoms with van der Waals surface area (Å²) in [6.45, 7) is -1.26. The second kappa shape index (κ2) is 8.81. The Labute approximate surface area is 172 Å². The highest BCUT2D eigenvalue weighted by atomic mass is 31.3. The van der Waals surface area contributed by atoms with E-state index in [9.17, 15) is 33.6 Å². The van der Waals surface area contributed by atoms with Crippen molar-refractivity contribution in [3.63, 3.8) is 0 Å². The van der Waals surface area contributed by atoms with Crippen LogP contribution < -0.4 is 11.4 Å². The van der Waals surface area contributed by atoms with Crippen LogP contribution in [0.25, 0.3) is 0 Å². The second-order valence-electron chi connectivity index (χ2n) is 5.88. The molecule has 31 heavy (non-hydrogen) atoms. The molecule has 6 atom stereocenters. The number of hydrogen-bond acceptors (Lipinski definition) is 12. The van der Waals surface area contributed by atoms with Crippen molar-refractivity contribution in [2.45, 2.75) is 24.0 Å². The number of phosphoric acid groups is 3. The number of hydrogen-bond donors (Lipinski definition) is 7. The van der Waals surface area contributed by atoms with Gasteiger partial charge in [-0.05, 0) is 6.07 Å². The highest BCUT2D eigenvalue weighted by Gasteiger charge is 2.56. The van der Waals surface area contributed by atoms with Crippen LogP contribution in [0.4, 0.5) is 5.82 Å². The summed E-state index contributed by atoms with van der Waals surface area (Å²) in [4.78, 5) is 51.0. The fourth-order valence-electron chi connectivity index (χ4n) is 2.39. The number of aromatic nitrogens is 2. The van der Waals surface area contributed by atoms with E-state index in [0.29, 0.717) is 4.57 Å². The molecular weight excluding hydrogens is 491 g/mol. The first-order chi connectivity index (χ1) is 14.0. The van der Waals surface area contributed by atoms with E-state index in [0.717, 1.165) is 12.3 Å². The van der Waals surface area contributed by atoms with Gasteiger partial charge in [0.25, 0.3) is 0 Å². The summed E-state index contributed by atoms with van der Waals surface area (Å²) in [5.41, 5.74) is 1.95. The van der Waals surface area contributed by atoms with Gasteiger partial charge in [-0.15, -0.1) is 6.42 Å². The van der Waals surface area contributed by atoms with Gasteiger partial charge in [0.05, 0.1) is 0 Å². The van der Waals surface area contributed by atoms with E-state index in [1.165, 1.54) is 0 Å². The van der Waals surface area contributed by atoms with E-state index in [1.54, 1.807) is 0 Å². The third-order valence-corrected chi connectivity index (χ3v) is 7.44. The van der Waals surface area contributed by atoms with Crippen LogP contribution in [0.3, 0.4) is 0 Å². The first-order valence-corrected chi connectivity index (χ1v) is 12.2. The Bertz CT molecular complexity index is 1080. The van der Waals surface area contributed by atoms with Crippen molar-refractivity contribution in [3.05, 3.63) is 22.7 Å². The molecule has 174 valence electrons. The maximum atomic E-state index is 11.9. The maximum absolute atomic E-state index is 11.9. The molecular formula is C11H16N3O14P3. The van der Waals surface area contributed by atoms with Crippen LogP contribution in [0.15, 0.2) is 17.1 Å². The molecule has 1 aliphatic heterocycles. The fourth-order valence-corrected chi connectivity index (χ4v) is 5.44. The number of nitrogens with two attached hydrogens (primary N) is 1. The Morgan fingerprint density at radius 1 is 1.23 bits per heavy atom. The molecule has 0 aliphatic carbocycles. The van der Waals surface area contributed by atoms with Gasteiger partial charge >= 0.3 is 29.2 Å². The fraction of sp³-hybridized carbons (Fsp3) is 0.455.